The highest BCUT2D eigenvalue weighted by Crippen LogP contribution is 2.41. The summed E-state index contributed by atoms with van der Waals surface area (Å²) in [6, 6.07) is 0. The summed E-state index contributed by atoms with van der Waals surface area (Å²) in [5.74, 6) is -0.207. The molecule has 1 saturated carbocycles. The minimum absolute atomic E-state index is 0.0409. The smallest absolute Gasteiger partial charge is 0.360 e. The zero-order valence-corrected chi connectivity index (χ0v) is 32.6. The van der Waals surface area contributed by atoms with Crippen LogP contribution in [0.1, 0.15) is 92.7 Å². The summed E-state index contributed by atoms with van der Waals surface area (Å²) >= 11 is 1.35. The third-order valence-electron chi connectivity index (χ3n) is 10.1. The fraction of sp³-hybridized carbons (Fsp3) is 0.442. The zero-order chi connectivity index (χ0) is 38.9. The van der Waals surface area contributed by atoms with Gasteiger partial charge in [0.1, 0.15) is 35.7 Å². The van der Waals surface area contributed by atoms with E-state index in [9.17, 15) is 19.8 Å². The molecule has 8 atom stereocenters. The van der Waals surface area contributed by atoms with Crippen molar-refractivity contribution in [3.63, 3.8) is 0 Å². The van der Waals surface area contributed by atoms with E-state index < -0.39 is 47.2 Å². The van der Waals surface area contributed by atoms with Crippen LogP contribution in [-0.4, -0.2) is 68.7 Å². The minimum Gasteiger partial charge on any atom is -0.457 e. The molecule has 10 nitrogen and oxygen atoms in total. The lowest BCUT2D eigenvalue weighted by Gasteiger charge is -2.36. The molecule has 2 aromatic heterocycles. The maximum atomic E-state index is 13.3. The molecule has 4 heterocycles. The second-order valence-electron chi connectivity index (χ2n) is 15.0. The fourth-order valence-electron chi connectivity index (χ4n) is 6.04. The van der Waals surface area contributed by atoms with E-state index in [1.807, 2.05) is 90.2 Å². The molecule has 54 heavy (non-hydrogen) atoms. The van der Waals surface area contributed by atoms with Crippen LogP contribution in [0.2, 0.25) is 0 Å². The number of epoxide rings is 1. The Kier molecular flexibility index (Phi) is 13.8. The van der Waals surface area contributed by atoms with Crippen molar-refractivity contribution >= 4 is 35.4 Å². The van der Waals surface area contributed by atoms with E-state index in [1.54, 1.807) is 41.8 Å². The number of rotatable bonds is 6. The Morgan fingerprint density at radius 3 is 2.00 bits per heavy atom. The molecule has 288 valence electrons. The number of hydrogen-bond acceptors (Lipinski definition) is 11. The number of allylic oxidation sites excluding steroid dienone is 8. The average Bonchev–Trinajstić information content (AvgIpc) is 3.93. The summed E-state index contributed by atoms with van der Waals surface area (Å²) in [5.41, 5.74) is -1.31. The predicted molar refractivity (Wildman–Crippen MR) is 210 cm³/mol. The molecule has 5 rings (SSSR count). The number of esters is 2. The lowest BCUT2D eigenvalue weighted by molar-refractivity contribution is -0.0461. The molecule has 2 fully saturated rings. The number of ether oxygens (including phenoxy) is 3. The first-order chi connectivity index (χ1) is 25.8. The first-order valence-corrected chi connectivity index (χ1v) is 19.3. The van der Waals surface area contributed by atoms with E-state index in [-0.39, 0.29) is 29.5 Å². The first kappa shape index (κ1) is 40.8. The Bertz CT molecular complexity index is 1710. The average molecular weight is 757 g/mol. The van der Waals surface area contributed by atoms with Gasteiger partial charge in [-0.25, -0.2) is 19.6 Å². The van der Waals surface area contributed by atoms with Gasteiger partial charge in [-0.2, -0.15) is 0 Å². The van der Waals surface area contributed by atoms with Crippen molar-refractivity contribution < 1.29 is 38.4 Å². The number of nitrogens with zero attached hydrogens (tertiary/aromatic N) is 2. The number of fused-ring (bicyclic) bond motifs is 6. The molecule has 2 N–H and O–H groups in total. The largest absolute Gasteiger partial charge is 0.457 e. The van der Waals surface area contributed by atoms with Gasteiger partial charge in [-0.15, -0.1) is 11.3 Å². The van der Waals surface area contributed by atoms with Gasteiger partial charge in [-0.1, -0.05) is 113 Å². The molecule has 0 radical (unpaired) electrons. The van der Waals surface area contributed by atoms with Crippen LogP contribution in [0.3, 0.4) is 0 Å². The van der Waals surface area contributed by atoms with Crippen LogP contribution in [0.25, 0.3) is 12.2 Å². The van der Waals surface area contributed by atoms with Crippen LogP contribution in [0.15, 0.2) is 101 Å². The Morgan fingerprint density at radius 1 is 0.759 bits per heavy atom. The second kappa shape index (κ2) is 18.3. The van der Waals surface area contributed by atoms with Crippen LogP contribution in [0.5, 0.6) is 0 Å². The van der Waals surface area contributed by atoms with E-state index in [2.05, 4.69) is 22.1 Å². The number of hydrogen-bond donors (Lipinski definition) is 2. The van der Waals surface area contributed by atoms with Gasteiger partial charge in [0.2, 0.25) is 5.89 Å². The van der Waals surface area contributed by atoms with Crippen LogP contribution < -0.4 is 0 Å². The predicted octanol–water partition coefficient (Wildman–Crippen LogP) is 8.26. The van der Waals surface area contributed by atoms with Gasteiger partial charge in [0.15, 0.2) is 11.4 Å². The van der Waals surface area contributed by atoms with Gasteiger partial charge in [0, 0.05) is 35.1 Å². The van der Waals surface area contributed by atoms with Gasteiger partial charge in [0.05, 0.1) is 12.2 Å². The summed E-state index contributed by atoms with van der Waals surface area (Å²) in [6.07, 6.45) is 29.7. The van der Waals surface area contributed by atoms with Gasteiger partial charge in [0.25, 0.3) is 0 Å². The molecule has 2 aliphatic heterocycles. The van der Waals surface area contributed by atoms with Crippen LogP contribution in [-0.2, 0) is 14.2 Å². The third-order valence-corrected chi connectivity index (χ3v) is 10.9. The molecule has 0 unspecified atom stereocenters. The number of aliphatic hydroxyl groups is 2. The van der Waals surface area contributed by atoms with Crippen molar-refractivity contribution in [3.05, 3.63) is 119 Å². The lowest BCUT2D eigenvalue weighted by atomic mass is 9.79. The Hall–Kier alpha value is -4.42. The summed E-state index contributed by atoms with van der Waals surface area (Å²) < 4.78 is 23.3. The molecule has 11 heteroatoms. The number of aliphatic hydroxyl groups excluding tert-OH is 2. The molecule has 0 aromatic carbocycles. The second-order valence-corrected chi connectivity index (χ2v) is 15.8. The lowest BCUT2D eigenvalue weighted by Crippen LogP contribution is -2.42. The van der Waals surface area contributed by atoms with Gasteiger partial charge in [-0.05, 0) is 38.2 Å². The summed E-state index contributed by atoms with van der Waals surface area (Å²) in [5, 5.41) is 24.2. The molecule has 0 spiro atoms. The van der Waals surface area contributed by atoms with E-state index in [4.69, 9.17) is 18.6 Å². The van der Waals surface area contributed by atoms with Gasteiger partial charge in [-0.3, -0.25) is 0 Å². The highest BCUT2D eigenvalue weighted by atomic mass is 32.1. The zero-order valence-electron chi connectivity index (χ0n) is 31.8. The molecular formula is C43H52N2O8S. The molecule has 1 aliphatic carbocycles. The van der Waals surface area contributed by atoms with Gasteiger partial charge < -0.3 is 28.8 Å². The highest BCUT2D eigenvalue weighted by Gasteiger charge is 2.40. The SMILES string of the molecule is C/C=C/[C@H](O)C(C)(C)[C@@H]1C/C=C\[C@H]2C[C@H]2/C=C/C=C\c2nc(cs2)C(=O)O[C@H](C(C)(C)[C@@H](O)/C=C/C)C/C=C\[C@H]2O[C@H]2/C=C/C=C\c2nc(co2)C(=O)O1. The van der Waals surface area contributed by atoms with Crippen molar-refractivity contribution in [1.29, 1.82) is 0 Å². The number of carbonyl (C=O) groups excluding carboxylic acids is 2. The summed E-state index contributed by atoms with van der Waals surface area (Å²) in [7, 11) is 0. The van der Waals surface area contributed by atoms with Crippen molar-refractivity contribution in [1.82, 2.24) is 9.97 Å². The quantitative estimate of drug-likeness (QED) is 0.168. The number of oxazole rings is 1. The number of thiazole rings is 1. The summed E-state index contributed by atoms with van der Waals surface area (Å²) in [4.78, 5) is 35.3. The Morgan fingerprint density at radius 2 is 1.33 bits per heavy atom. The van der Waals surface area contributed by atoms with E-state index in [0.717, 1.165) is 6.42 Å². The van der Waals surface area contributed by atoms with Crippen molar-refractivity contribution in [3.8, 4) is 0 Å². The van der Waals surface area contributed by atoms with Crippen molar-refractivity contribution in [2.24, 2.45) is 22.7 Å². The normalized spacial score (nSPS) is 30.5. The number of aromatic nitrogens is 2. The standard InChI is InChI=1S/C43H52N2O8S/c1-7-15-34(46)42(3,4)36-21-13-18-29-25-28(29)17-9-12-24-39-45-31(27-54-39)41(49)53-37(43(5,6)35(47)16-8-2)22-14-20-33-32(51-33)19-10-11-23-38-44-30(26-50-38)40(48)52-36/h7-20,23-24,26-29,32-37,46-47H,21-22,25H2,1-6H3/b15-7+,16-8+,17-9+,18-13-,19-10+,20-14-,23-11-,24-12-/t28-,29+,32+,33-,34+,35+,36+,37+/m1/s1. The molecule has 0 amide bonds. The highest BCUT2D eigenvalue weighted by molar-refractivity contribution is 7.10. The maximum Gasteiger partial charge on any atom is 0.360 e. The molecule has 4 bridgehead atoms. The fourth-order valence-corrected chi connectivity index (χ4v) is 6.73. The molecular weight excluding hydrogens is 705 g/mol. The third kappa shape index (κ3) is 10.8. The van der Waals surface area contributed by atoms with Gasteiger partial charge >= 0.3 is 11.9 Å². The van der Waals surface area contributed by atoms with Crippen LogP contribution in [0.4, 0.5) is 0 Å². The minimum atomic E-state index is -0.838. The van der Waals surface area contributed by atoms with E-state index in [0.29, 0.717) is 29.7 Å². The van der Waals surface area contributed by atoms with Crippen LogP contribution >= 0.6 is 11.3 Å². The molecule has 3 aliphatic rings. The van der Waals surface area contributed by atoms with E-state index >= 15 is 0 Å². The number of cyclic esters (lactones) is 2. The Balaban J connectivity index is 1.35. The Labute approximate surface area is 322 Å². The van der Waals surface area contributed by atoms with Crippen molar-refractivity contribution in [2.45, 2.75) is 97.4 Å². The van der Waals surface area contributed by atoms with E-state index in [1.165, 1.54) is 17.6 Å². The number of carbonyl (C=O) groups is 2. The molecule has 1 saturated heterocycles. The topological polar surface area (TPSA) is 145 Å². The summed E-state index contributed by atoms with van der Waals surface area (Å²) in [6.45, 7) is 11.2. The molecule has 2 aromatic rings. The maximum absolute atomic E-state index is 13.3. The monoisotopic (exact) mass is 756 g/mol. The van der Waals surface area contributed by atoms with Crippen LogP contribution in [0, 0.1) is 22.7 Å². The first-order valence-electron chi connectivity index (χ1n) is 18.5. The van der Waals surface area contributed by atoms with Crippen molar-refractivity contribution in [2.75, 3.05) is 0 Å².